The third-order valence-electron chi connectivity index (χ3n) is 5.45. The summed E-state index contributed by atoms with van der Waals surface area (Å²) in [5.41, 5.74) is 1.06. The largest absolute Gasteiger partial charge is 0.464 e. The van der Waals surface area contributed by atoms with Crippen molar-refractivity contribution in [2.24, 2.45) is 0 Å². The van der Waals surface area contributed by atoms with Gasteiger partial charge in [0.1, 0.15) is 5.69 Å². The number of carbonyl (C=O) groups excluding carboxylic acids is 1. The summed E-state index contributed by atoms with van der Waals surface area (Å²) in [6.07, 6.45) is 8.61. The van der Waals surface area contributed by atoms with Crippen molar-refractivity contribution in [2.45, 2.75) is 47.4 Å². The predicted octanol–water partition coefficient (Wildman–Crippen LogP) is 3.70. The summed E-state index contributed by atoms with van der Waals surface area (Å²) in [6, 6.07) is 3.38. The molecule has 6 nitrogen and oxygen atoms in total. The van der Waals surface area contributed by atoms with Gasteiger partial charge in [-0.05, 0) is 50.7 Å². The third kappa shape index (κ3) is 2.62. The van der Waals surface area contributed by atoms with Gasteiger partial charge in [0.15, 0.2) is 0 Å². The van der Waals surface area contributed by atoms with Crippen molar-refractivity contribution in [1.29, 1.82) is 0 Å². The Morgan fingerprint density at radius 1 is 1.21 bits per heavy atom. The summed E-state index contributed by atoms with van der Waals surface area (Å²) < 4.78 is 10.8. The molecule has 3 aliphatic rings. The van der Waals surface area contributed by atoms with Crippen LogP contribution in [-0.4, -0.2) is 31.6 Å². The molecule has 2 heterocycles. The van der Waals surface area contributed by atoms with E-state index in [1.807, 2.05) is 0 Å². The molecule has 0 saturated heterocycles. The zero-order valence-electron chi connectivity index (χ0n) is 13.4. The fourth-order valence-corrected chi connectivity index (χ4v) is 4.58. The molecule has 0 aromatic carbocycles. The Morgan fingerprint density at radius 3 is 2.50 bits per heavy atom. The number of carbonyl (C=O) groups is 1. The summed E-state index contributed by atoms with van der Waals surface area (Å²) in [7, 11) is 1.33. The van der Waals surface area contributed by atoms with Gasteiger partial charge < -0.3 is 9.26 Å². The number of hydrogen-bond acceptors (Lipinski definition) is 6. The van der Waals surface area contributed by atoms with Crippen LogP contribution in [0.1, 0.15) is 54.9 Å². The number of rotatable bonds is 3. The van der Waals surface area contributed by atoms with E-state index in [0.29, 0.717) is 9.25 Å². The molecule has 0 radical (unpaired) electrons. The van der Waals surface area contributed by atoms with Crippen molar-refractivity contribution < 1.29 is 14.1 Å². The second kappa shape index (κ2) is 5.79. The molecule has 0 amide bonds. The molecule has 0 unspecified atom stereocenters. The Labute approximate surface area is 153 Å². The van der Waals surface area contributed by atoms with Crippen LogP contribution in [0.2, 0.25) is 0 Å². The molecule has 0 aliphatic heterocycles. The van der Waals surface area contributed by atoms with Crippen molar-refractivity contribution in [2.75, 3.05) is 7.11 Å². The Kier molecular flexibility index (Phi) is 3.85. The Balaban J connectivity index is 1.58. The Hall–Kier alpha value is -1.51. The normalized spacial score (nSPS) is 28.8. The van der Waals surface area contributed by atoms with Gasteiger partial charge in [0.2, 0.25) is 11.7 Å². The third-order valence-corrected chi connectivity index (χ3v) is 7.07. The van der Waals surface area contributed by atoms with Crippen LogP contribution in [0, 0.1) is 0 Å². The van der Waals surface area contributed by atoms with Crippen molar-refractivity contribution in [1.82, 2.24) is 15.1 Å². The number of aromatic nitrogens is 3. The first-order valence-corrected chi connectivity index (χ1v) is 9.19. The molecule has 0 atom stereocenters. The molecule has 2 aromatic rings. The van der Waals surface area contributed by atoms with Crippen LogP contribution in [0.5, 0.6) is 0 Å². The molecule has 3 fully saturated rings. The maximum atomic E-state index is 11.4. The van der Waals surface area contributed by atoms with Crippen LogP contribution in [0.4, 0.5) is 0 Å². The minimum absolute atomic E-state index is 0.0531. The summed E-state index contributed by atoms with van der Waals surface area (Å²) >= 11 is 2.63. The van der Waals surface area contributed by atoms with Crippen LogP contribution in [0.15, 0.2) is 22.9 Å². The number of esters is 1. The molecule has 3 aliphatic carbocycles. The van der Waals surface area contributed by atoms with Crippen molar-refractivity contribution in [3.8, 4) is 11.4 Å². The van der Waals surface area contributed by atoms with E-state index in [0.717, 1.165) is 30.7 Å². The number of nitrogens with zero attached hydrogens (tertiary/aromatic N) is 3. The Morgan fingerprint density at radius 2 is 1.92 bits per heavy atom. The van der Waals surface area contributed by atoms with Crippen molar-refractivity contribution >= 4 is 28.6 Å². The molecule has 5 rings (SSSR count). The van der Waals surface area contributed by atoms with E-state index in [1.54, 1.807) is 18.3 Å². The van der Waals surface area contributed by atoms with Crippen molar-refractivity contribution in [3.05, 3.63) is 29.9 Å². The lowest BCUT2D eigenvalue weighted by molar-refractivity contribution is 0.0594. The van der Waals surface area contributed by atoms with Crippen molar-refractivity contribution in [3.63, 3.8) is 0 Å². The van der Waals surface area contributed by atoms with Gasteiger partial charge in [0.25, 0.3) is 0 Å². The summed E-state index contributed by atoms with van der Waals surface area (Å²) in [6.45, 7) is 0. The predicted molar refractivity (Wildman–Crippen MR) is 95.0 cm³/mol. The number of halogens is 1. The minimum Gasteiger partial charge on any atom is -0.464 e. The average molecular weight is 439 g/mol. The minimum atomic E-state index is -0.457. The summed E-state index contributed by atoms with van der Waals surface area (Å²) in [5.74, 6) is 0.828. The highest BCUT2D eigenvalue weighted by Gasteiger charge is 2.51. The monoisotopic (exact) mass is 439 g/mol. The van der Waals surface area contributed by atoms with Gasteiger partial charge in [-0.15, -0.1) is 0 Å². The number of ether oxygens (including phenoxy) is 1. The first-order valence-electron chi connectivity index (χ1n) is 8.12. The lowest BCUT2D eigenvalue weighted by atomic mass is 9.60. The first kappa shape index (κ1) is 16.0. The molecular weight excluding hydrogens is 421 g/mol. The van der Waals surface area contributed by atoms with E-state index in [2.05, 4.69) is 42.5 Å². The van der Waals surface area contributed by atoms with Gasteiger partial charge in [0, 0.05) is 20.6 Å². The van der Waals surface area contributed by atoms with Crippen LogP contribution < -0.4 is 0 Å². The lowest BCUT2D eigenvalue weighted by Gasteiger charge is -2.48. The molecule has 3 saturated carbocycles. The van der Waals surface area contributed by atoms with Gasteiger partial charge in [-0.2, -0.15) is 4.98 Å². The van der Waals surface area contributed by atoms with Gasteiger partial charge >= 0.3 is 5.97 Å². The number of pyridine rings is 1. The SMILES string of the molecule is COC(=O)c1ccc(-c2noc(C34CCC(I)(CC3)CC4)n2)cn1. The number of alkyl halides is 1. The summed E-state index contributed by atoms with van der Waals surface area (Å²) in [4.78, 5) is 20.2. The number of methoxy groups -OCH3 is 1. The molecule has 2 aromatic heterocycles. The van der Waals surface area contributed by atoms with E-state index in [1.165, 1.54) is 26.4 Å². The maximum Gasteiger partial charge on any atom is 0.356 e. The van der Waals surface area contributed by atoms with E-state index in [4.69, 9.17) is 4.52 Å². The lowest BCUT2D eigenvalue weighted by Crippen LogP contribution is -2.44. The van der Waals surface area contributed by atoms with Crippen LogP contribution in [0.3, 0.4) is 0 Å². The smallest absolute Gasteiger partial charge is 0.356 e. The highest BCUT2D eigenvalue weighted by atomic mass is 127. The van der Waals surface area contributed by atoms with Gasteiger partial charge in [-0.25, -0.2) is 9.78 Å². The van der Waals surface area contributed by atoms with Crippen LogP contribution >= 0.6 is 22.6 Å². The van der Waals surface area contributed by atoms with Crippen LogP contribution in [0.25, 0.3) is 11.4 Å². The second-order valence-corrected chi connectivity index (χ2v) is 9.07. The Bertz CT molecular complexity index is 747. The fourth-order valence-electron chi connectivity index (χ4n) is 3.77. The second-order valence-electron chi connectivity index (χ2n) is 6.78. The molecular formula is C17H18IN3O3. The maximum absolute atomic E-state index is 11.4. The van der Waals surface area contributed by atoms with Crippen LogP contribution in [-0.2, 0) is 10.2 Å². The van der Waals surface area contributed by atoms with Gasteiger partial charge in [0.05, 0.1) is 7.11 Å². The molecule has 0 N–H and O–H groups in total. The van der Waals surface area contributed by atoms with E-state index >= 15 is 0 Å². The molecule has 24 heavy (non-hydrogen) atoms. The van der Waals surface area contributed by atoms with E-state index in [-0.39, 0.29) is 11.1 Å². The zero-order valence-corrected chi connectivity index (χ0v) is 15.6. The number of hydrogen-bond donors (Lipinski definition) is 0. The standard InChI is InChI=1S/C17H18IN3O3/c1-23-14(22)12-3-2-11(10-19-12)13-20-15(24-21-13)16-4-7-17(18,8-5-16)9-6-16/h2-3,10H,4-9H2,1H3. The quantitative estimate of drug-likeness (QED) is 0.413. The number of fused-ring (bicyclic) bond motifs is 3. The molecule has 126 valence electrons. The van der Waals surface area contributed by atoms with Gasteiger partial charge in [-0.3, -0.25) is 0 Å². The fraction of sp³-hybridized carbons (Fsp3) is 0.529. The van der Waals surface area contributed by atoms with E-state index in [9.17, 15) is 4.79 Å². The average Bonchev–Trinajstić information content (AvgIpc) is 3.13. The highest BCUT2D eigenvalue weighted by Crippen LogP contribution is 2.56. The molecule has 0 spiro atoms. The highest BCUT2D eigenvalue weighted by molar-refractivity contribution is 14.1. The first-order chi connectivity index (χ1) is 11.5. The molecule has 7 heteroatoms. The zero-order chi connectivity index (χ0) is 16.8. The van der Waals surface area contributed by atoms with E-state index < -0.39 is 5.97 Å². The van der Waals surface area contributed by atoms with Gasteiger partial charge in [-0.1, -0.05) is 27.7 Å². The summed E-state index contributed by atoms with van der Waals surface area (Å²) in [5, 5.41) is 4.14. The molecule has 2 bridgehead atoms. The topological polar surface area (TPSA) is 78.1 Å².